The lowest BCUT2D eigenvalue weighted by atomic mass is 10.1. The third-order valence-electron chi connectivity index (χ3n) is 4.10. The van der Waals surface area contributed by atoms with E-state index in [0.29, 0.717) is 27.2 Å². The number of amides is 1. The summed E-state index contributed by atoms with van der Waals surface area (Å²) in [5.41, 5.74) is 3.46. The Hall–Kier alpha value is -2.01. The molecule has 4 nitrogen and oxygen atoms in total. The van der Waals surface area contributed by atoms with E-state index in [1.165, 1.54) is 0 Å². The number of carbonyl (C=O) groups excluding carboxylic acids is 1. The van der Waals surface area contributed by atoms with Crippen molar-refractivity contribution in [2.75, 3.05) is 5.32 Å². The predicted molar refractivity (Wildman–Crippen MR) is 107 cm³/mol. The van der Waals surface area contributed by atoms with Crippen LogP contribution in [0, 0.1) is 13.8 Å². The van der Waals surface area contributed by atoms with Crippen molar-refractivity contribution in [2.24, 2.45) is 0 Å². The average Bonchev–Trinajstić information content (AvgIpc) is 2.93. The minimum atomic E-state index is -0.268. The molecule has 0 fully saturated rings. The van der Waals surface area contributed by atoms with Crippen LogP contribution in [-0.2, 0) is 6.54 Å². The van der Waals surface area contributed by atoms with Crippen LogP contribution >= 0.6 is 34.8 Å². The van der Waals surface area contributed by atoms with Gasteiger partial charge in [-0.3, -0.25) is 9.48 Å². The zero-order chi connectivity index (χ0) is 18.8. The van der Waals surface area contributed by atoms with E-state index in [0.717, 1.165) is 16.7 Å². The lowest BCUT2D eigenvalue weighted by Crippen LogP contribution is -2.13. The van der Waals surface area contributed by atoms with Crippen molar-refractivity contribution in [1.82, 2.24) is 9.78 Å². The molecule has 134 valence electrons. The molecule has 1 N–H and O–H groups in total. The van der Waals surface area contributed by atoms with Crippen molar-refractivity contribution < 1.29 is 4.79 Å². The summed E-state index contributed by atoms with van der Waals surface area (Å²) in [5, 5.41) is 8.50. The van der Waals surface area contributed by atoms with Gasteiger partial charge in [-0.15, -0.1) is 0 Å². The third-order valence-corrected chi connectivity index (χ3v) is 5.08. The van der Waals surface area contributed by atoms with Crippen LogP contribution in [0.15, 0.2) is 42.6 Å². The normalized spacial score (nSPS) is 10.8. The van der Waals surface area contributed by atoms with Crippen molar-refractivity contribution in [2.45, 2.75) is 20.4 Å². The summed E-state index contributed by atoms with van der Waals surface area (Å²) in [7, 11) is 0. The number of carbonyl (C=O) groups is 1. The number of anilines is 1. The van der Waals surface area contributed by atoms with E-state index in [1.54, 1.807) is 35.1 Å². The molecule has 0 aliphatic carbocycles. The number of nitrogens with one attached hydrogen (secondary N) is 1. The molecule has 7 heteroatoms. The molecule has 1 aromatic heterocycles. The molecule has 0 saturated heterocycles. The molecular formula is C19H16Cl3N3O. The zero-order valence-corrected chi connectivity index (χ0v) is 16.5. The quantitative estimate of drug-likeness (QED) is 0.596. The molecule has 0 aliphatic rings. The van der Waals surface area contributed by atoms with Gasteiger partial charge in [-0.2, -0.15) is 5.10 Å². The van der Waals surface area contributed by atoms with E-state index in [9.17, 15) is 4.79 Å². The molecular weight excluding hydrogens is 393 g/mol. The molecule has 0 bridgehead atoms. The summed E-state index contributed by atoms with van der Waals surface area (Å²) in [6, 6.07) is 10.8. The largest absolute Gasteiger partial charge is 0.304 e. The Bertz CT molecular complexity index is 962. The van der Waals surface area contributed by atoms with Crippen molar-refractivity contribution in [3.8, 4) is 0 Å². The second kappa shape index (κ2) is 7.70. The first-order chi connectivity index (χ1) is 12.3. The first-order valence-corrected chi connectivity index (χ1v) is 9.03. The number of hydrogen-bond acceptors (Lipinski definition) is 2. The van der Waals surface area contributed by atoms with E-state index < -0.39 is 0 Å². The van der Waals surface area contributed by atoms with Gasteiger partial charge in [0.15, 0.2) is 5.82 Å². The summed E-state index contributed by atoms with van der Waals surface area (Å²) >= 11 is 18.6. The van der Waals surface area contributed by atoms with Crippen molar-refractivity contribution in [1.29, 1.82) is 0 Å². The van der Waals surface area contributed by atoms with Crippen LogP contribution in [0.1, 0.15) is 27.0 Å². The smallest absolute Gasteiger partial charge is 0.256 e. The highest BCUT2D eigenvalue weighted by Gasteiger charge is 2.14. The fourth-order valence-corrected chi connectivity index (χ4v) is 3.19. The highest BCUT2D eigenvalue weighted by atomic mass is 35.5. The van der Waals surface area contributed by atoms with Crippen LogP contribution in [0.2, 0.25) is 15.1 Å². The second-order valence-corrected chi connectivity index (χ2v) is 7.20. The molecule has 2 aromatic carbocycles. The minimum absolute atomic E-state index is 0.268. The van der Waals surface area contributed by atoms with E-state index in [2.05, 4.69) is 10.4 Å². The highest BCUT2D eigenvalue weighted by molar-refractivity contribution is 6.36. The molecule has 0 unspecified atom stereocenters. The highest BCUT2D eigenvalue weighted by Crippen LogP contribution is 2.27. The number of benzene rings is 2. The van der Waals surface area contributed by atoms with Gasteiger partial charge in [0.05, 0.1) is 6.54 Å². The number of halogens is 3. The summed E-state index contributed by atoms with van der Waals surface area (Å²) in [6.07, 6.45) is 1.62. The number of nitrogens with zero attached hydrogens (tertiary/aromatic N) is 2. The molecule has 0 radical (unpaired) electrons. The minimum Gasteiger partial charge on any atom is -0.304 e. The van der Waals surface area contributed by atoms with Gasteiger partial charge in [-0.25, -0.2) is 0 Å². The number of aryl methyl sites for hydroxylation is 2. The van der Waals surface area contributed by atoms with Gasteiger partial charge in [-0.05, 0) is 49.2 Å². The van der Waals surface area contributed by atoms with Crippen LogP contribution in [0.25, 0.3) is 0 Å². The Kier molecular flexibility index (Phi) is 5.56. The standard InChI is InChI=1S/C19H16Cl3N3O/c1-11-6-7-13(8-12(11)2)19(26)23-18-17(22)10-25(24-18)9-14-15(20)4-3-5-16(14)21/h3-8,10H,9H2,1-2H3,(H,23,24,26). The summed E-state index contributed by atoms with van der Waals surface area (Å²) in [4.78, 5) is 12.4. The third kappa shape index (κ3) is 4.04. The van der Waals surface area contributed by atoms with Crippen LogP contribution in [0.4, 0.5) is 5.82 Å². The van der Waals surface area contributed by atoms with Gasteiger partial charge < -0.3 is 5.32 Å². The Balaban J connectivity index is 1.80. The SMILES string of the molecule is Cc1ccc(C(=O)Nc2nn(Cc3c(Cl)cccc3Cl)cc2Cl)cc1C. The maximum atomic E-state index is 12.4. The van der Waals surface area contributed by atoms with Gasteiger partial charge in [0.25, 0.3) is 5.91 Å². The van der Waals surface area contributed by atoms with Crippen molar-refractivity contribution >= 4 is 46.5 Å². The fraction of sp³-hybridized carbons (Fsp3) is 0.158. The molecule has 3 rings (SSSR count). The topological polar surface area (TPSA) is 46.9 Å². The maximum absolute atomic E-state index is 12.4. The molecule has 0 aliphatic heterocycles. The summed E-state index contributed by atoms with van der Waals surface area (Å²) in [5.74, 6) is 0.0223. The lowest BCUT2D eigenvalue weighted by Gasteiger charge is -2.07. The molecule has 0 spiro atoms. The van der Waals surface area contributed by atoms with Gasteiger partial charge in [0.2, 0.25) is 0 Å². The van der Waals surface area contributed by atoms with Crippen LogP contribution in [0.5, 0.6) is 0 Å². The first kappa shape index (κ1) is 18.8. The Morgan fingerprint density at radius 2 is 1.73 bits per heavy atom. The van der Waals surface area contributed by atoms with Gasteiger partial charge >= 0.3 is 0 Å². The van der Waals surface area contributed by atoms with Crippen molar-refractivity contribution in [3.63, 3.8) is 0 Å². The van der Waals surface area contributed by atoms with E-state index >= 15 is 0 Å². The first-order valence-electron chi connectivity index (χ1n) is 7.89. The van der Waals surface area contributed by atoms with Crippen LogP contribution in [-0.4, -0.2) is 15.7 Å². The molecule has 3 aromatic rings. The Labute approximate surface area is 166 Å². The number of aromatic nitrogens is 2. The summed E-state index contributed by atoms with van der Waals surface area (Å²) < 4.78 is 1.59. The molecule has 0 atom stereocenters. The summed E-state index contributed by atoms with van der Waals surface area (Å²) in [6.45, 7) is 4.30. The van der Waals surface area contributed by atoms with Crippen molar-refractivity contribution in [3.05, 3.63) is 79.9 Å². The molecule has 26 heavy (non-hydrogen) atoms. The van der Waals surface area contributed by atoms with Gasteiger partial charge in [0.1, 0.15) is 5.02 Å². The molecule has 0 saturated carbocycles. The molecule has 1 amide bonds. The van der Waals surface area contributed by atoms with E-state index in [1.807, 2.05) is 26.0 Å². The predicted octanol–water partition coefficient (Wildman–Crippen LogP) is 5.76. The van der Waals surface area contributed by atoms with Gasteiger partial charge in [0, 0.05) is 27.4 Å². The van der Waals surface area contributed by atoms with Gasteiger partial charge in [-0.1, -0.05) is 46.9 Å². The Morgan fingerprint density at radius 1 is 1.04 bits per heavy atom. The zero-order valence-electron chi connectivity index (χ0n) is 14.2. The second-order valence-electron chi connectivity index (χ2n) is 5.98. The maximum Gasteiger partial charge on any atom is 0.256 e. The number of hydrogen-bond donors (Lipinski definition) is 1. The number of rotatable bonds is 4. The van der Waals surface area contributed by atoms with E-state index in [-0.39, 0.29) is 11.7 Å². The monoisotopic (exact) mass is 407 g/mol. The lowest BCUT2D eigenvalue weighted by molar-refractivity contribution is 0.102. The average molecular weight is 409 g/mol. The molecule has 1 heterocycles. The van der Waals surface area contributed by atoms with E-state index in [4.69, 9.17) is 34.8 Å². The van der Waals surface area contributed by atoms with Crippen LogP contribution < -0.4 is 5.32 Å². The Morgan fingerprint density at radius 3 is 2.38 bits per heavy atom. The fourth-order valence-electron chi connectivity index (χ4n) is 2.47. The van der Waals surface area contributed by atoms with Crippen LogP contribution in [0.3, 0.4) is 0 Å².